The van der Waals surface area contributed by atoms with Gasteiger partial charge in [0.05, 0.1) is 6.04 Å². The number of hydrogen-bond acceptors (Lipinski definition) is 4. The van der Waals surface area contributed by atoms with Crippen LogP contribution in [-0.2, 0) is 0 Å². The Morgan fingerprint density at radius 3 is 2.00 bits per heavy atom. The quantitative estimate of drug-likeness (QED) is 0.848. The summed E-state index contributed by atoms with van der Waals surface area (Å²) < 4.78 is 79.2. The third-order valence-electron chi connectivity index (χ3n) is 2.43. The summed E-state index contributed by atoms with van der Waals surface area (Å²) in [6.07, 6.45) is -10.3. The molecule has 0 aliphatic heterocycles. The molecule has 0 radical (unpaired) electrons. The maximum Gasteiger partial charge on any atom is 0.409 e. The van der Waals surface area contributed by atoms with E-state index in [1.54, 1.807) is 0 Å². The van der Waals surface area contributed by atoms with Crippen molar-refractivity contribution in [3.8, 4) is 0 Å². The molecule has 0 aliphatic carbocycles. The van der Waals surface area contributed by atoms with Crippen molar-refractivity contribution in [1.82, 2.24) is 15.5 Å². The summed E-state index contributed by atoms with van der Waals surface area (Å²) in [4.78, 5) is 0. The summed E-state index contributed by atoms with van der Waals surface area (Å²) in [6, 6.07) is -0.627. The molecule has 0 spiro atoms. The van der Waals surface area contributed by atoms with E-state index in [0.29, 0.717) is 6.54 Å². The summed E-state index contributed by atoms with van der Waals surface area (Å²) in [5.41, 5.74) is 0. The lowest BCUT2D eigenvalue weighted by Gasteiger charge is -2.19. The van der Waals surface area contributed by atoms with E-state index < -0.39 is 30.2 Å². The van der Waals surface area contributed by atoms with Crippen LogP contribution in [-0.4, -0.2) is 29.1 Å². The zero-order valence-corrected chi connectivity index (χ0v) is 10.6. The lowest BCUT2D eigenvalue weighted by Crippen LogP contribution is -2.34. The van der Waals surface area contributed by atoms with Gasteiger partial charge < -0.3 is 9.73 Å². The van der Waals surface area contributed by atoms with Gasteiger partial charge in [0.15, 0.2) is 0 Å². The number of hydrogen-bond donors (Lipinski definition) is 1. The smallest absolute Gasteiger partial charge is 0.409 e. The Hall–Kier alpha value is -1.32. The molecule has 1 unspecified atom stereocenters. The number of nitrogens with zero attached hydrogens (tertiary/aromatic N) is 2. The average Bonchev–Trinajstić information content (AvgIpc) is 2.70. The molecule has 4 nitrogen and oxygen atoms in total. The van der Waals surface area contributed by atoms with Gasteiger partial charge in [-0.25, -0.2) is 0 Å². The first-order valence-corrected chi connectivity index (χ1v) is 5.77. The van der Waals surface area contributed by atoms with Crippen molar-refractivity contribution in [2.24, 2.45) is 0 Å². The Morgan fingerprint density at radius 2 is 1.55 bits per heavy atom. The van der Waals surface area contributed by atoms with Crippen molar-refractivity contribution in [3.05, 3.63) is 11.8 Å². The summed E-state index contributed by atoms with van der Waals surface area (Å²) in [5.74, 6) is -5.58. The summed E-state index contributed by atoms with van der Waals surface area (Å²) in [5, 5.41) is 8.94. The van der Waals surface area contributed by atoms with Crippen LogP contribution < -0.4 is 5.32 Å². The topological polar surface area (TPSA) is 51.0 Å². The minimum absolute atomic E-state index is 0.313. The zero-order valence-electron chi connectivity index (χ0n) is 10.6. The van der Waals surface area contributed by atoms with Crippen LogP contribution in [0.2, 0.25) is 0 Å². The normalized spacial score (nSPS) is 14.8. The largest absolute Gasteiger partial charge is 0.423 e. The van der Waals surface area contributed by atoms with Crippen molar-refractivity contribution in [3.63, 3.8) is 0 Å². The van der Waals surface area contributed by atoms with Crippen molar-refractivity contribution >= 4 is 0 Å². The molecule has 0 amide bonds. The van der Waals surface area contributed by atoms with Crippen LogP contribution in [0.15, 0.2) is 4.42 Å². The second kappa shape index (κ2) is 5.98. The fraction of sp³-hybridized carbons (Fsp3) is 0.800. The highest BCUT2D eigenvalue weighted by atomic mass is 19.4. The summed E-state index contributed by atoms with van der Waals surface area (Å²) >= 11 is 0. The van der Waals surface area contributed by atoms with Gasteiger partial charge in [0, 0.05) is 0 Å². The second-order valence-corrected chi connectivity index (χ2v) is 4.17. The van der Waals surface area contributed by atoms with Gasteiger partial charge in [0.2, 0.25) is 17.7 Å². The molecule has 0 fully saturated rings. The third kappa shape index (κ3) is 4.09. The van der Waals surface area contributed by atoms with Crippen molar-refractivity contribution in [2.45, 2.75) is 44.6 Å². The van der Waals surface area contributed by atoms with Crippen LogP contribution >= 0.6 is 0 Å². The van der Waals surface area contributed by atoms with Gasteiger partial charge in [-0.05, 0) is 19.9 Å². The van der Waals surface area contributed by atoms with E-state index in [1.807, 2.05) is 6.92 Å². The number of aromatic nitrogens is 2. The first kappa shape index (κ1) is 16.7. The Kier molecular flexibility index (Phi) is 5.00. The van der Waals surface area contributed by atoms with E-state index in [-0.39, 0.29) is 5.89 Å². The molecule has 1 rings (SSSR count). The molecule has 0 saturated carbocycles. The van der Waals surface area contributed by atoms with Crippen molar-refractivity contribution in [2.75, 3.05) is 6.54 Å². The Bertz CT molecular complexity index is 413. The van der Waals surface area contributed by atoms with Gasteiger partial charge in [0.25, 0.3) is 0 Å². The first-order valence-electron chi connectivity index (χ1n) is 5.77. The van der Waals surface area contributed by atoms with E-state index in [1.165, 1.54) is 6.92 Å². The van der Waals surface area contributed by atoms with Crippen LogP contribution in [0.25, 0.3) is 0 Å². The molecule has 0 bridgehead atoms. The van der Waals surface area contributed by atoms with Crippen molar-refractivity contribution in [1.29, 1.82) is 0 Å². The summed E-state index contributed by atoms with van der Waals surface area (Å²) in [7, 11) is 0. The molecular weight excluding hydrogens is 292 g/mol. The highest BCUT2D eigenvalue weighted by Gasteiger charge is 2.60. The molecule has 1 aromatic heterocycles. The van der Waals surface area contributed by atoms with Crippen LogP contribution in [0.1, 0.15) is 44.0 Å². The van der Waals surface area contributed by atoms with Gasteiger partial charge in [-0.15, -0.1) is 10.2 Å². The Labute approximate surface area is 110 Å². The SMILES string of the molecule is CCCNC(C)c1nnc(C(C(F)(F)F)C(F)(F)F)o1. The predicted molar refractivity (Wildman–Crippen MR) is 55.9 cm³/mol. The van der Waals surface area contributed by atoms with E-state index in [0.717, 1.165) is 6.42 Å². The fourth-order valence-electron chi connectivity index (χ4n) is 1.45. The van der Waals surface area contributed by atoms with E-state index in [9.17, 15) is 26.3 Å². The minimum Gasteiger partial charge on any atom is -0.423 e. The average molecular weight is 305 g/mol. The second-order valence-electron chi connectivity index (χ2n) is 4.17. The zero-order chi connectivity index (χ0) is 15.6. The van der Waals surface area contributed by atoms with E-state index in [4.69, 9.17) is 0 Å². The molecule has 1 heterocycles. The molecule has 1 aromatic rings. The molecule has 116 valence electrons. The Balaban J connectivity index is 2.98. The lowest BCUT2D eigenvalue weighted by atomic mass is 10.1. The van der Waals surface area contributed by atoms with Crippen LogP contribution in [0.5, 0.6) is 0 Å². The minimum atomic E-state index is -5.54. The molecule has 1 N–H and O–H groups in total. The predicted octanol–water partition coefficient (Wildman–Crippen LogP) is 3.34. The molecule has 10 heteroatoms. The van der Waals surface area contributed by atoms with E-state index in [2.05, 4.69) is 19.9 Å². The van der Waals surface area contributed by atoms with Gasteiger partial charge >= 0.3 is 12.4 Å². The monoisotopic (exact) mass is 305 g/mol. The molecular formula is C10H13F6N3O. The molecule has 0 aliphatic rings. The van der Waals surface area contributed by atoms with Gasteiger partial charge in [-0.3, -0.25) is 0 Å². The Morgan fingerprint density at radius 1 is 1.05 bits per heavy atom. The van der Waals surface area contributed by atoms with Crippen LogP contribution in [0, 0.1) is 0 Å². The van der Waals surface area contributed by atoms with Crippen LogP contribution in [0.4, 0.5) is 26.3 Å². The van der Waals surface area contributed by atoms with E-state index >= 15 is 0 Å². The first-order chi connectivity index (χ1) is 9.07. The molecule has 20 heavy (non-hydrogen) atoms. The standard InChI is InChI=1S/C10H13F6N3O/c1-3-4-17-5(2)7-18-19-8(20-7)6(9(11,12)13)10(14,15)16/h5-6,17H,3-4H2,1-2H3. The van der Waals surface area contributed by atoms with Gasteiger partial charge in [-0.2, -0.15) is 26.3 Å². The molecule has 0 saturated heterocycles. The number of halogens is 6. The third-order valence-corrected chi connectivity index (χ3v) is 2.43. The number of alkyl halides is 6. The maximum absolute atomic E-state index is 12.5. The molecule has 0 aromatic carbocycles. The fourth-order valence-corrected chi connectivity index (χ4v) is 1.45. The van der Waals surface area contributed by atoms with Gasteiger partial charge in [-0.1, -0.05) is 6.92 Å². The lowest BCUT2D eigenvalue weighted by molar-refractivity contribution is -0.258. The number of nitrogens with one attached hydrogen (secondary N) is 1. The van der Waals surface area contributed by atoms with Crippen molar-refractivity contribution < 1.29 is 30.8 Å². The highest BCUT2D eigenvalue weighted by Crippen LogP contribution is 2.45. The summed E-state index contributed by atoms with van der Waals surface area (Å²) in [6.45, 7) is 3.87. The number of rotatable bonds is 5. The van der Waals surface area contributed by atoms with Gasteiger partial charge in [0.1, 0.15) is 0 Å². The molecule has 1 atom stereocenters. The maximum atomic E-state index is 12.5. The highest BCUT2D eigenvalue weighted by molar-refractivity contribution is 5.01. The van der Waals surface area contributed by atoms with Crippen LogP contribution in [0.3, 0.4) is 0 Å².